The van der Waals surface area contributed by atoms with Crippen LogP contribution in [0.15, 0.2) is 42.5 Å². The maximum absolute atomic E-state index is 10.4. The van der Waals surface area contributed by atoms with Crippen molar-refractivity contribution in [2.24, 2.45) is 11.8 Å². The Morgan fingerprint density at radius 3 is 2.74 bits per heavy atom. The average Bonchev–Trinajstić information content (AvgIpc) is 2.67. The number of allylic oxidation sites excluding steroid dienone is 1. The Hall–Kier alpha value is -1.12. The van der Waals surface area contributed by atoms with Crippen molar-refractivity contribution in [3.8, 4) is 0 Å². The number of hydrogen-bond acceptors (Lipinski definition) is 2. The molecule has 1 aliphatic rings. The zero-order valence-corrected chi connectivity index (χ0v) is 11.9. The van der Waals surface area contributed by atoms with Crippen LogP contribution in [0.25, 0.3) is 0 Å². The van der Waals surface area contributed by atoms with Crippen LogP contribution < -0.4 is 0 Å². The van der Waals surface area contributed by atoms with Gasteiger partial charge < -0.3 is 9.84 Å². The highest BCUT2D eigenvalue weighted by molar-refractivity contribution is 5.13. The average molecular weight is 260 g/mol. The standard InChI is InChI=1S/C17H24O2/c1-13(2)15-9-10-17(3,18)16(15)12-19-11-14-7-5-4-6-8-14/h4-8,15-16,18H,1,9-12H2,2-3H3/t15-,16-,17-/m1/s1. The summed E-state index contributed by atoms with van der Waals surface area (Å²) in [6.07, 6.45) is 1.85. The minimum atomic E-state index is -0.625. The molecule has 0 aromatic heterocycles. The third kappa shape index (κ3) is 3.46. The van der Waals surface area contributed by atoms with E-state index in [4.69, 9.17) is 4.74 Å². The monoisotopic (exact) mass is 260 g/mol. The molecule has 0 radical (unpaired) electrons. The van der Waals surface area contributed by atoms with Gasteiger partial charge in [0.15, 0.2) is 0 Å². The van der Waals surface area contributed by atoms with Crippen molar-refractivity contribution in [2.45, 2.75) is 38.9 Å². The Morgan fingerprint density at radius 1 is 1.42 bits per heavy atom. The number of hydrogen-bond donors (Lipinski definition) is 1. The molecule has 0 spiro atoms. The molecule has 1 aromatic rings. The Morgan fingerprint density at radius 2 is 2.11 bits per heavy atom. The van der Waals surface area contributed by atoms with Crippen molar-refractivity contribution < 1.29 is 9.84 Å². The molecule has 3 atom stereocenters. The lowest BCUT2D eigenvalue weighted by atomic mass is 9.84. The lowest BCUT2D eigenvalue weighted by molar-refractivity contribution is -0.0346. The summed E-state index contributed by atoms with van der Waals surface area (Å²) in [6.45, 7) is 9.23. The predicted octanol–water partition coefficient (Wildman–Crippen LogP) is 3.56. The highest BCUT2D eigenvalue weighted by Gasteiger charge is 2.44. The van der Waals surface area contributed by atoms with Crippen LogP contribution in [0.2, 0.25) is 0 Å². The molecule has 0 heterocycles. The Kier molecular flexibility index (Phi) is 4.43. The first-order valence-corrected chi connectivity index (χ1v) is 7.00. The lowest BCUT2D eigenvalue weighted by Gasteiger charge is -2.29. The summed E-state index contributed by atoms with van der Waals surface area (Å²) < 4.78 is 5.82. The van der Waals surface area contributed by atoms with E-state index in [2.05, 4.69) is 25.6 Å². The number of benzene rings is 1. The van der Waals surface area contributed by atoms with E-state index >= 15 is 0 Å². The summed E-state index contributed by atoms with van der Waals surface area (Å²) >= 11 is 0. The minimum Gasteiger partial charge on any atom is -0.390 e. The molecule has 1 saturated carbocycles. The van der Waals surface area contributed by atoms with E-state index in [1.54, 1.807) is 0 Å². The summed E-state index contributed by atoms with van der Waals surface area (Å²) in [5, 5.41) is 10.4. The fourth-order valence-electron chi connectivity index (χ4n) is 3.03. The first kappa shape index (κ1) is 14.3. The van der Waals surface area contributed by atoms with Crippen molar-refractivity contribution in [3.63, 3.8) is 0 Å². The smallest absolute Gasteiger partial charge is 0.0717 e. The van der Waals surface area contributed by atoms with E-state index < -0.39 is 5.60 Å². The van der Waals surface area contributed by atoms with Gasteiger partial charge in [-0.05, 0) is 38.2 Å². The summed E-state index contributed by atoms with van der Waals surface area (Å²) in [6, 6.07) is 10.1. The third-order valence-corrected chi connectivity index (χ3v) is 4.29. The van der Waals surface area contributed by atoms with Crippen molar-refractivity contribution >= 4 is 0 Å². The van der Waals surface area contributed by atoms with Gasteiger partial charge in [0.2, 0.25) is 0 Å². The Balaban J connectivity index is 1.91. The number of aliphatic hydroxyl groups is 1. The maximum atomic E-state index is 10.4. The molecule has 1 fully saturated rings. The fraction of sp³-hybridized carbons (Fsp3) is 0.529. The van der Waals surface area contributed by atoms with E-state index in [0.29, 0.717) is 19.1 Å². The molecular weight excluding hydrogens is 236 g/mol. The zero-order chi connectivity index (χ0) is 13.9. The molecule has 19 heavy (non-hydrogen) atoms. The van der Waals surface area contributed by atoms with Crippen LogP contribution in [0.3, 0.4) is 0 Å². The second-order valence-electron chi connectivity index (χ2n) is 5.96. The molecular formula is C17H24O2. The van der Waals surface area contributed by atoms with Crippen LogP contribution in [0.4, 0.5) is 0 Å². The van der Waals surface area contributed by atoms with Crippen LogP contribution in [-0.4, -0.2) is 17.3 Å². The van der Waals surface area contributed by atoms with Crippen LogP contribution in [0.1, 0.15) is 32.3 Å². The maximum Gasteiger partial charge on any atom is 0.0717 e. The molecule has 1 aliphatic carbocycles. The fourth-order valence-corrected chi connectivity index (χ4v) is 3.03. The number of ether oxygens (including phenoxy) is 1. The van der Waals surface area contributed by atoms with Crippen LogP contribution in [-0.2, 0) is 11.3 Å². The SMILES string of the molecule is C=C(C)[C@H]1CC[C@@](C)(O)[C@@H]1COCc1ccccc1. The molecule has 1 aromatic carbocycles. The van der Waals surface area contributed by atoms with Gasteiger partial charge in [0.25, 0.3) is 0 Å². The highest BCUT2D eigenvalue weighted by Crippen LogP contribution is 2.43. The summed E-state index contributed by atoms with van der Waals surface area (Å²) in [5.74, 6) is 0.541. The molecule has 0 unspecified atom stereocenters. The Bertz CT molecular complexity index is 422. The molecule has 0 bridgehead atoms. The van der Waals surface area contributed by atoms with E-state index in [1.807, 2.05) is 25.1 Å². The molecule has 1 N–H and O–H groups in total. The van der Waals surface area contributed by atoms with E-state index in [9.17, 15) is 5.11 Å². The second kappa shape index (κ2) is 5.89. The van der Waals surface area contributed by atoms with Crippen molar-refractivity contribution in [2.75, 3.05) is 6.61 Å². The summed E-state index contributed by atoms with van der Waals surface area (Å²) in [7, 11) is 0. The third-order valence-electron chi connectivity index (χ3n) is 4.29. The molecule has 2 heteroatoms. The highest BCUT2D eigenvalue weighted by atomic mass is 16.5. The van der Waals surface area contributed by atoms with Gasteiger partial charge >= 0.3 is 0 Å². The second-order valence-corrected chi connectivity index (χ2v) is 5.96. The zero-order valence-electron chi connectivity index (χ0n) is 11.9. The summed E-state index contributed by atoms with van der Waals surface area (Å²) in [4.78, 5) is 0. The van der Waals surface area contributed by atoms with Crippen LogP contribution in [0, 0.1) is 11.8 Å². The van der Waals surface area contributed by atoms with Gasteiger partial charge in [-0.1, -0.05) is 42.5 Å². The van der Waals surface area contributed by atoms with Gasteiger partial charge in [-0.2, -0.15) is 0 Å². The molecule has 2 rings (SSSR count). The van der Waals surface area contributed by atoms with E-state index in [0.717, 1.165) is 18.4 Å². The van der Waals surface area contributed by atoms with Gasteiger partial charge in [-0.3, -0.25) is 0 Å². The van der Waals surface area contributed by atoms with Crippen molar-refractivity contribution in [1.82, 2.24) is 0 Å². The van der Waals surface area contributed by atoms with Gasteiger partial charge in [-0.25, -0.2) is 0 Å². The minimum absolute atomic E-state index is 0.161. The van der Waals surface area contributed by atoms with Crippen LogP contribution in [0.5, 0.6) is 0 Å². The van der Waals surface area contributed by atoms with E-state index in [-0.39, 0.29) is 5.92 Å². The molecule has 0 saturated heterocycles. The largest absolute Gasteiger partial charge is 0.390 e. The van der Waals surface area contributed by atoms with Gasteiger partial charge in [-0.15, -0.1) is 0 Å². The van der Waals surface area contributed by atoms with Gasteiger partial charge in [0.05, 0.1) is 18.8 Å². The molecule has 2 nitrogen and oxygen atoms in total. The first-order valence-electron chi connectivity index (χ1n) is 7.00. The number of rotatable bonds is 5. The molecule has 0 aliphatic heterocycles. The van der Waals surface area contributed by atoms with Gasteiger partial charge in [0, 0.05) is 5.92 Å². The van der Waals surface area contributed by atoms with E-state index in [1.165, 1.54) is 5.56 Å². The lowest BCUT2D eigenvalue weighted by Crippen LogP contribution is -2.35. The Labute approximate surface area is 116 Å². The van der Waals surface area contributed by atoms with Crippen LogP contribution >= 0.6 is 0 Å². The first-order chi connectivity index (χ1) is 9.00. The topological polar surface area (TPSA) is 29.5 Å². The molecule has 104 valence electrons. The normalized spacial score (nSPS) is 30.5. The molecule has 0 amide bonds. The predicted molar refractivity (Wildman–Crippen MR) is 77.7 cm³/mol. The summed E-state index contributed by atoms with van der Waals surface area (Å²) in [5.41, 5.74) is 1.71. The van der Waals surface area contributed by atoms with Crippen molar-refractivity contribution in [3.05, 3.63) is 48.0 Å². The van der Waals surface area contributed by atoms with Gasteiger partial charge in [0.1, 0.15) is 0 Å². The quantitative estimate of drug-likeness (QED) is 0.820. The van der Waals surface area contributed by atoms with Crippen molar-refractivity contribution in [1.29, 1.82) is 0 Å².